The molecule has 1 aromatic rings. The van der Waals surface area contributed by atoms with Crippen LogP contribution in [0.4, 0.5) is 5.69 Å². The van der Waals surface area contributed by atoms with E-state index in [4.69, 9.17) is 4.74 Å². The van der Waals surface area contributed by atoms with Crippen molar-refractivity contribution in [3.8, 4) is 0 Å². The van der Waals surface area contributed by atoms with Crippen molar-refractivity contribution in [2.75, 3.05) is 11.9 Å². The fraction of sp³-hybridized carbons (Fsp3) is 0.500. The Morgan fingerprint density at radius 1 is 1.33 bits per heavy atom. The maximum absolute atomic E-state index is 12.0. The number of rotatable bonds is 4. The third kappa shape index (κ3) is 4.04. The summed E-state index contributed by atoms with van der Waals surface area (Å²) in [6.07, 6.45) is 3.34. The molecule has 0 radical (unpaired) electrons. The van der Waals surface area contributed by atoms with Gasteiger partial charge in [0.15, 0.2) is 0 Å². The van der Waals surface area contributed by atoms with E-state index >= 15 is 0 Å². The van der Waals surface area contributed by atoms with Crippen LogP contribution in [-0.2, 0) is 9.53 Å². The van der Waals surface area contributed by atoms with Crippen molar-refractivity contribution < 1.29 is 19.4 Å². The van der Waals surface area contributed by atoms with E-state index in [0.717, 1.165) is 30.4 Å². The summed E-state index contributed by atoms with van der Waals surface area (Å²) in [5.74, 6) is -1.12. The lowest BCUT2D eigenvalue weighted by Gasteiger charge is -2.22. The van der Waals surface area contributed by atoms with Crippen molar-refractivity contribution >= 4 is 17.6 Å². The van der Waals surface area contributed by atoms with E-state index in [9.17, 15) is 14.7 Å². The highest BCUT2D eigenvalue weighted by Crippen LogP contribution is 2.21. The number of amides is 1. The molecule has 1 saturated heterocycles. The molecule has 5 heteroatoms. The number of hydrogen-bond acceptors (Lipinski definition) is 3. The summed E-state index contributed by atoms with van der Waals surface area (Å²) in [6, 6.07) is 3.30. The van der Waals surface area contributed by atoms with Crippen LogP contribution in [0.1, 0.15) is 47.2 Å². The van der Waals surface area contributed by atoms with Crippen molar-refractivity contribution in [2.45, 2.75) is 45.6 Å². The number of benzene rings is 1. The SMILES string of the molecule is Cc1cc(NC(=O)CC2CCCCO2)cc(C(=O)O)c1C. The van der Waals surface area contributed by atoms with E-state index in [2.05, 4.69) is 5.32 Å². The predicted molar refractivity (Wildman–Crippen MR) is 79.7 cm³/mol. The fourth-order valence-electron chi connectivity index (χ4n) is 2.54. The van der Waals surface area contributed by atoms with Gasteiger partial charge in [-0.2, -0.15) is 0 Å². The van der Waals surface area contributed by atoms with E-state index in [1.807, 2.05) is 6.92 Å². The number of aryl methyl sites for hydroxylation is 1. The number of carboxylic acids is 1. The minimum absolute atomic E-state index is 0.0239. The van der Waals surface area contributed by atoms with E-state index in [1.54, 1.807) is 13.0 Å². The number of ether oxygens (including phenoxy) is 1. The van der Waals surface area contributed by atoms with Gasteiger partial charge in [0.1, 0.15) is 0 Å². The number of hydrogen-bond donors (Lipinski definition) is 2. The standard InChI is InChI=1S/C16H21NO4/c1-10-7-12(8-14(11(10)2)16(19)20)17-15(18)9-13-5-3-4-6-21-13/h7-8,13H,3-6,9H2,1-2H3,(H,17,18)(H,19,20). The second-order valence-corrected chi connectivity index (χ2v) is 5.51. The van der Waals surface area contributed by atoms with Gasteiger partial charge in [-0.1, -0.05) is 0 Å². The molecule has 1 fully saturated rings. The van der Waals surface area contributed by atoms with Gasteiger partial charge in [-0.05, 0) is 56.4 Å². The zero-order valence-corrected chi connectivity index (χ0v) is 12.4. The van der Waals surface area contributed by atoms with Crippen LogP contribution in [0.25, 0.3) is 0 Å². The van der Waals surface area contributed by atoms with Gasteiger partial charge in [-0.25, -0.2) is 4.79 Å². The van der Waals surface area contributed by atoms with Crippen molar-refractivity contribution in [3.63, 3.8) is 0 Å². The lowest BCUT2D eigenvalue weighted by Crippen LogP contribution is -2.25. The van der Waals surface area contributed by atoms with Crippen LogP contribution in [0.5, 0.6) is 0 Å². The lowest BCUT2D eigenvalue weighted by molar-refractivity contribution is -0.119. The van der Waals surface area contributed by atoms with Gasteiger partial charge in [0.2, 0.25) is 5.91 Å². The smallest absolute Gasteiger partial charge is 0.336 e. The predicted octanol–water partition coefficient (Wildman–Crippen LogP) is 2.90. The van der Waals surface area contributed by atoms with E-state index in [0.29, 0.717) is 18.7 Å². The molecule has 1 aromatic carbocycles. The van der Waals surface area contributed by atoms with E-state index in [-0.39, 0.29) is 17.6 Å². The van der Waals surface area contributed by atoms with Gasteiger partial charge in [-0.3, -0.25) is 4.79 Å². The Morgan fingerprint density at radius 2 is 2.10 bits per heavy atom. The Balaban J connectivity index is 2.05. The summed E-state index contributed by atoms with van der Waals surface area (Å²) in [7, 11) is 0. The first kappa shape index (κ1) is 15.5. The molecule has 21 heavy (non-hydrogen) atoms. The molecule has 1 aliphatic heterocycles. The molecule has 0 spiro atoms. The Kier molecular flexibility index (Phi) is 4.96. The highest BCUT2D eigenvalue weighted by Gasteiger charge is 2.18. The Labute approximate surface area is 124 Å². The Bertz CT molecular complexity index is 547. The van der Waals surface area contributed by atoms with Gasteiger partial charge in [-0.15, -0.1) is 0 Å². The maximum Gasteiger partial charge on any atom is 0.336 e. The highest BCUT2D eigenvalue weighted by atomic mass is 16.5. The average molecular weight is 291 g/mol. The number of carboxylic acid groups (broad SMARTS) is 1. The normalized spacial score (nSPS) is 18.3. The van der Waals surface area contributed by atoms with Gasteiger partial charge in [0.25, 0.3) is 0 Å². The molecule has 2 rings (SSSR count). The summed E-state index contributed by atoms with van der Waals surface area (Å²) in [5.41, 5.74) is 2.31. The Morgan fingerprint density at radius 3 is 2.71 bits per heavy atom. The molecular formula is C16H21NO4. The molecule has 0 bridgehead atoms. The van der Waals surface area contributed by atoms with Gasteiger partial charge in [0, 0.05) is 12.3 Å². The van der Waals surface area contributed by atoms with Crippen LogP contribution in [0, 0.1) is 13.8 Å². The molecular weight excluding hydrogens is 270 g/mol. The maximum atomic E-state index is 12.0. The van der Waals surface area contributed by atoms with Gasteiger partial charge >= 0.3 is 5.97 Å². The summed E-state index contributed by atoms with van der Waals surface area (Å²) in [5, 5.41) is 11.9. The topological polar surface area (TPSA) is 75.6 Å². The number of anilines is 1. The van der Waals surface area contributed by atoms with E-state index in [1.165, 1.54) is 6.07 Å². The van der Waals surface area contributed by atoms with Crippen molar-refractivity contribution in [1.82, 2.24) is 0 Å². The largest absolute Gasteiger partial charge is 0.478 e. The molecule has 1 amide bonds. The lowest BCUT2D eigenvalue weighted by atomic mass is 10.0. The van der Waals surface area contributed by atoms with Gasteiger partial charge in [0.05, 0.1) is 18.1 Å². The monoisotopic (exact) mass is 291 g/mol. The molecule has 2 N–H and O–H groups in total. The fourth-order valence-corrected chi connectivity index (χ4v) is 2.54. The first-order chi connectivity index (χ1) is 9.97. The first-order valence-electron chi connectivity index (χ1n) is 7.23. The van der Waals surface area contributed by atoms with Crippen molar-refractivity contribution in [2.24, 2.45) is 0 Å². The summed E-state index contributed by atoms with van der Waals surface area (Å²) >= 11 is 0. The second-order valence-electron chi connectivity index (χ2n) is 5.51. The van der Waals surface area contributed by atoms with E-state index < -0.39 is 5.97 Å². The zero-order chi connectivity index (χ0) is 15.4. The first-order valence-corrected chi connectivity index (χ1v) is 7.23. The van der Waals surface area contributed by atoms with Crippen LogP contribution >= 0.6 is 0 Å². The molecule has 114 valence electrons. The molecule has 1 aliphatic rings. The molecule has 0 saturated carbocycles. The average Bonchev–Trinajstić information content (AvgIpc) is 2.43. The number of aromatic carboxylic acids is 1. The summed E-state index contributed by atoms with van der Waals surface area (Å²) in [6.45, 7) is 4.31. The number of carbonyl (C=O) groups excluding carboxylic acids is 1. The summed E-state index contributed by atoms with van der Waals surface area (Å²) in [4.78, 5) is 23.2. The number of carbonyl (C=O) groups is 2. The molecule has 1 heterocycles. The second kappa shape index (κ2) is 6.72. The molecule has 5 nitrogen and oxygen atoms in total. The molecule has 0 aromatic heterocycles. The van der Waals surface area contributed by atoms with Crippen LogP contribution in [0.2, 0.25) is 0 Å². The highest BCUT2D eigenvalue weighted by molar-refractivity contribution is 5.95. The van der Waals surface area contributed by atoms with Crippen LogP contribution in [0.3, 0.4) is 0 Å². The number of nitrogens with one attached hydrogen (secondary N) is 1. The third-order valence-electron chi connectivity index (χ3n) is 3.87. The minimum Gasteiger partial charge on any atom is -0.478 e. The third-order valence-corrected chi connectivity index (χ3v) is 3.87. The molecule has 0 aliphatic carbocycles. The molecule has 1 unspecified atom stereocenters. The Hall–Kier alpha value is -1.88. The van der Waals surface area contributed by atoms with Gasteiger partial charge < -0.3 is 15.2 Å². The quantitative estimate of drug-likeness (QED) is 0.894. The van der Waals surface area contributed by atoms with Crippen molar-refractivity contribution in [3.05, 3.63) is 28.8 Å². The molecule has 1 atom stereocenters. The minimum atomic E-state index is -0.984. The summed E-state index contributed by atoms with van der Waals surface area (Å²) < 4.78 is 5.54. The van der Waals surface area contributed by atoms with Crippen molar-refractivity contribution in [1.29, 1.82) is 0 Å². The zero-order valence-electron chi connectivity index (χ0n) is 12.4. The van der Waals surface area contributed by atoms with Crippen LogP contribution in [0.15, 0.2) is 12.1 Å². The van der Waals surface area contributed by atoms with Crippen LogP contribution in [-0.4, -0.2) is 29.7 Å². The van der Waals surface area contributed by atoms with Crippen LogP contribution < -0.4 is 5.32 Å².